The largest absolute Gasteiger partial charge is 0.298 e. The van der Waals surface area contributed by atoms with Gasteiger partial charge < -0.3 is 0 Å². The van der Waals surface area contributed by atoms with Gasteiger partial charge in [0, 0.05) is 12.5 Å². The van der Waals surface area contributed by atoms with E-state index in [2.05, 4.69) is 28.0 Å². The average molecular weight is 259 g/mol. The molecule has 1 aromatic heterocycles. The van der Waals surface area contributed by atoms with E-state index in [-0.39, 0.29) is 5.56 Å². The van der Waals surface area contributed by atoms with Crippen LogP contribution in [0, 0.1) is 0 Å². The molecule has 0 aromatic carbocycles. The summed E-state index contributed by atoms with van der Waals surface area (Å²) >= 11 is 3.37. The lowest BCUT2D eigenvalue weighted by Crippen LogP contribution is -2.16. The molecule has 78 valence electrons. The summed E-state index contributed by atoms with van der Waals surface area (Å²) in [4.78, 5) is 11.7. The second-order valence-corrected chi connectivity index (χ2v) is 4.72. The minimum absolute atomic E-state index is 0.0975. The van der Waals surface area contributed by atoms with Crippen LogP contribution in [0.15, 0.2) is 9.27 Å². The van der Waals surface area contributed by atoms with E-state index < -0.39 is 0 Å². The van der Waals surface area contributed by atoms with Gasteiger partial charge in [-0.15, -0.1) is 0 Å². The Balaban J connectivity index is 2.23. The number of H-pyrrole nitrogens is 1. The fourth-order valence-electron chi connectivity index (χ4n) is 1.60. The number of hydrogen-bond donors (Lipinski definition) is 1. The minimum Gasteiger partial charge on any atom is -0.298 e. The first-order valence-electron chi connectivity index (χ1n) is 5.22. The molecule has 14 heavy (non-hydrogen) atoms. The standard InChI is InChI=1S/C10H15BrN2O/c1-2-3-6-13-10(14)8(11)9(12-13)7-4-5-7/h7,12H,2-6H2,1H3. The summed E-state index contributed by atoms with van der Waals surface area (Å²) in [6.45, 7) is 2.94. The highest BCUT2D eigenvalue weighted by atomic mass is 79.9. The number of rotatable bonds is 4. The third-order valence-electron chi connectivity index (χ3n) is 2.65. The van der Waals surface area contributed by atoms with Crippen molar-refractivity contribution in [2.45, 2.75) is 45.1 Å². The molecule has 0 atom stereocenters. The van der Waals surface area contributed by atoms with Gasteiger partial charge >= 0.3 is 0 Å². The molecule has 3 nitrogen and oxygen atoms in total. The van der Waals surface area contributed by atoms with Gasteiger partial charge in [-0.1, -0.05) is 13.3 Å². The van der Waals surface area contributed by atoms with Crippen molar-refractivity contribution < 1.29 is 0 Å². The van der Waals surface area contributed by atoms with Crippen LogP contribution in [0.4, 0.5) is 0 Å². The molecule has 2 rings (SSSR count). The van der Waals surface area contributed by atoms with E-state index in [9.17, 15) is 4.79 Å². The quantitative estimate of drug-likeness (QED) is 0.886. The topological polar surface area (TPSA) is 37.8 Å². The summed E-state index contributed by atoms with van der Waals surface area (Å²) in [7, 11) is 0. The Kier molecular flexibility index (Phi) is 2.81. The van der Waals surface area contributed by atoms with Crippen molar-refractivity contribution in [2.75, 3.05) is 0 Å². The Morgan fingerprint density at radius 3 is 2.86 bits per heavy atom. The molecule has 1 heterocycles. The van der Waals surface area contributed by atoms with Gasteiger partial charge in [-0.05, 0) is 35.2 Å². The van der Waals surface area contributed by atoms with Crippen LogP contribution in [0.2, 0.25) is 0 Å². The molecule has 0 bridgehead atoms. The summed E-state index contributed by atoms with van der Waals surface area (Å²) in [5.74, 6) is 0.597. The van der Waals surface area contributed by atoms with Gasteiger partial charge in [0.2, 0.25) is 0 Å². The number of hydrogen-bond acceptors (Lipinski definition) is 1. The highest BCUT2D eigenvalue weighted by Gasteiger charge is 2.29. The van der Waals surface area contributed by atoms with Crippen LogP contribution < -0.4 is 5.56 Å². The lowest BCUT2D eigenvalue weighted by Gasteiger charge is -1.98. The summed E-state index contributed by atoms with van der Waals surface area (Å²) in [5, 5.41) is 3.20. The SMILES string of the molecule is CCCCn1[nH]c(C2CC2)c(Br)c1=O. The number of nitrogens with zero attached hydrogens (tertiary/aromatic N) is 1. The molecular formula is C10H15BrN2O. The number of unbranched alkanes of at least 4 members (excludes halogenated alkanes) is 1. The van der Waals surface area contributed by atoms with Crippen LogP contribution in [0.5, 0.6) is 0 Å². The lowest BCUT2D eigenvalue weighted by molar-refractivity contribution is 0.551. The third kappa shape index (κ3) is 1.80. The van der Waals surface area contributed by atoms with Gasteiger partial charge in [-0.25, -0.2) is 0 Å². The molecule has 0 unspecified atom stereocenters. The highest BCUT2D eigenvalue weighted by Crippen LogP contribution is 2.41. The summed E-state index contributed by atoms with van der Waals surface area (Å²) < 4.78 is 2.47. The Morgan fingerprint density at radius 1 is 1.57 bits per heavy atom. The van der Waals surface area contributed by atoms with Crippen molar-refractivity contribution in [1.29, 1.82) is 0 Å². The van der Waals surface area contributed by atoms with Gasteiger partial charge in [-0.3, -0.25) is 14.6 Å². The molecule has 4 heteroatoms. The number of nitrogens with one attached hydrogen (secondary N) is 1. The number of aryl methyl sites for hydroxylation is 1. The molecule has 1 aliphatic carbocycles. The Labute approximate surface area is 91.6 Å². The van der Waals surface area contributed by atoms with Gasteiger partial charge in [0.15, 0.2) is 0 Å². The molecule has 1 aliphatic rings. The zero-order chi connectivity index (χ0) is 10.1. The van der Waals surface area contributed by atoms with Gasteiger partial charge in [0.1, 0.15) is 4.47 Å². The maximum atomic E-state index is 11.7. The predicted molar refractivity (Wildman–Crippen MR) is 59.6 cm³/mol. The number of aromatic amines is 1. The van der Waals surface area contributed by atoms with E-state index in [1.54, 1.807) is 4.68 Å². The first-order chi connectivity index (χ1) is 6.74. The van der Waals surface area contributed by atoms with Gasteiger partial charge in [-0.2, -0.15) is 0 Å². The van der Waals surface area contributed by atoms with Crippen LogP contribution in [-0.2, 0) is 6.54 Å². The molecule has 0 spiro atoms. The van der Waals surface area contributed by atoms with Crippen LogP contribution in [0.25, 0.3) is 0 Å². The molecule has 0 saturated heterocycles. The van der Waals surface area contributed by atoms with Crippen molar-refractivity contribution in [2.24, 2.45) is 0 Å². The normalized spacial score (nSPS) is 16.1. The molecule has 1 N–H and O–H groups in total. The van der Waals surface area contributed by atoms with Gasteiger partial charge in [0.05, 0.1) is 5.69 Å². The van der Waals surface area contributed by atoms with Crippen molar-refractivity contribution in [3.63, 3.8) is 0 Å². The molecule has 1 aromatic rings. The van der Waals surface area contributed by atoms with Gasteiger partial charge in [0.25, 0.3) is 5.56 Å². The van der Waals surface area contributed by atoms with Crippen molar-refractivity contribution >= 4 is 15.9 Å². The lowest BCUT2D eigenvalue weighted by atomic mass is 10.3. The second-order valence-electron chi connectivity index (χ2n) is 3.92. The van der Waals surface area contributed by atoms with Crippen LogP contribution in [0.1, 0.15) is 44.2 Å². The zero-order valence-corrected chi connectivity index (χ0v) is 9.93. The van der Waals surface area contributed by atoms with E-state index >= 15 is 0 Å². The van der Waals surface area contributed by atoms with Crippen molar-refractivity contribution in [1.82, 2.24) is 9.78 Å². The molecule has 0 radical (unpaired) electrons. The predicted octanol–water partition coefficient (Wildman–Crippen LogP) is 2.62. The second kappa shape index (κ2) is 3.93. The Bertz CT molecular complexity index is 376. The zero-order valence-electron chi connectivity index (χ0n) is 8.35. The fourth-order valence-corrected chi connectivity index (χ4v) is 2.22. The number of aromatic nitrogens is 2. The van der Waals surface area contributed by atoms with E-state index in [0.29, 0.717) is 5.92 Å². The highest BCUT2D eigenvalue weighted by molar-refractivity contribution is 9.10. The smallest absolute Gasteiger partial charge is 0.281 e. The van der Waals surface area contributed by atoms with Crippen LogP contribution in [-0.4, -0.2) is 9.78 Å². The van der Waals surface area contributed by atoms with Crippen LogP contribution in [0.3, 0.4) is 0 Å². The van der Waals surface area contributed by atoms with E-state index in [1.807, 2.05) is 0 Å². The fraction of sp³-hybridized carbons (Fsp3) is 0.700. The molecule has 1 fully saturated rings. The summed E-state index contributed by atoms with van der Waals surface area (Å²) in [6.07, 6.45) is 4.59. The maximum Gasteiger partial charge on any atom is 0.281 e. The first kappa shape index (κ1) is 10.0. The third-order valence-corrected chi connectivity index (χ3v) is 3.41. The van der Waals surface area contributed by atoms with E-state index in [1.165, 1.54) is 12.8 Å². The maximum absolute atomic E-state index is 11.7. The monoisotopic (exact) mass is 258 g/mol. The van der Waals surface area contributed by atoms with Crippen molar-refractivity contribution in [3.8, 4) is 0 Å². The molecule has 0 aliphatic heterocycles. The Hall–Kier alpha value is -0.510. The van der Waals surface area contributed by atoms with E-state index in [4.69, 9.17) is 0 Å². The summed E-state index contributed by atoms with van der Waals surface area (Å²) in [5.41, 5.74) is 1.20. The first-order valence-corrected chi connectivity index (χ1v) is 6.01. The van der Waals surface area contributed by atoms with Crippen molar-refractivity contribution in [3.05, 3.63) is 20.5 Å². The van der Waals surface area contributed by atoms with Crippen LogP contribution >= 0.6 is 15.9 Å². The molecule has 0 amide bonds. The molecular weight excluding hydrogens is 244 g/mol. The van der Waals surface area contributed by atoms with E-state index in [0.717, 1.165) is 29.6 Å². The summed E-state index contributed by atoms with van der Waals surface area (Å²) in [6, 6.07) is 0. The average Bonchev–Trinajstić information content (AvgIpc) is 2.96. The number of halogens is 1. The molecule has 1 saturated carbocycles. The minimum atomic E-state index is 0.0975. The Morgan fingerprint density at radius 2 is 2.29 bits per heavy atom.